The average Bonchev–Trinajstić information content (AvgIpc) is 2.96. The molecule has 4 rings (SSSR count). The first-order chi connectivity index (χ1) is 13.9. The highest BCUT2D eigenvalue weighted by atomic mass is 19.1. The molecule has 0 saturated carbocycles. The summed E-state index contributed by atoms with van der Waals surface area (Å²) in [6, 6.07) is 5.18. The van der Waals surface area contributed by atoms with Gasteiger partial charge >= 0.3 is 0 Å². The van der Waals surface area contributed by atoms with Crippen molar-refractivity contribution in [2.75, 3.05) is 32.5 Å². The number of anilines is 1. The third-order valence-electron chi connectivity index (χ3n) is 5.44. The van der Waals surface area contributed by atoms with Crippen molar-refractivity contribution in [1.29, 1.82) is 0 Å². The summed E-state index contributed by atoms with van der Waals surface area (Å²) in [5, 5.41) is 2.11. The number of likely N-dealkylation sites (tertiary alicyclic amines) is 1. The Morgan fingerprint density at radius 2 is 1.93 bits per heavy atom. The smallest absolute Gasteiger partial charge is 0.262 e. The summed E-state index contributed by atoms with van der Waals surface area (Å²) in [4.78, 5) is 38.8. The van der Waals surface area contributed by atoms with E-state index in [2.05, 4.69) is 17.3 Å². The van der Waals surface area contributed by atoms with Gasteiger partial charge in [0.1, 0.15) is 5.82 Å². The number of halogens is 1. The number of ether oxygens (including phenoxy) is 1. The maximum absolute atomic E-state index is 14.6. The Labute approximate surface area is 166 Å². The molecule has 29 heavy (non-hydrogen) atoms. The second-order valence-corrected chi connectivity index (χ2v) is 7.42. The summed E-state index contributed by atoms with van der Waals surface area (Å²) in [6.07, 6.45) is 1.87. The summed E-state index contributed by atoms with van der Waals surface area (Å²) in [6.45, 7) is 2.19. The van der Waals surface area contributed by atoms with Gasteiger partial charge in [0.15, 0.2) is 11.6 Å². The number of pyridine rings is 1. The molecule has 3 N–H and O–H groups in total. The molecule has 1 aromatic heterocycles. The number of carbonyl (C=O) groups excluding carboxylic acids is 2. The van der Waals surface area contributed by atoms with Crippen LogP contribution in [-0.4, -0.2) is 48.0 Å². The Morgan fingerprint density at radius 1 is 1.21 bits per heavy atom. The molecule has 2 amide bonds. The van der Waals surface area contributed by atoms with E-state index in [1.54, 1.807) is 0 Å². The van der Waals surface area contributed by atoms with Crippen molar-refractivity contribution in [3.63, 3.8) is 0 Å². The summed E-state index contributed by atoms with van der Waals surface area (Å²) in [7, 11) is 2.05. The number of nitrogens with one attached hydrogen (secondary N) is 1. The fourth-order valence-corrected chi connectivity index (χ4v) is 3.77. The average molecular weight is 400 g/mol. The fraction of sp³-hybridized carbons (Fsp3) is 0.350. The lowest BCUT2D eigenvalue weighted by molar-refractivity contribution is 0.0880. The van der Waals surface area contributed by atoms with Crippen LogP contribution in [0.5, 0.6) is 5.75 Å². The number of nitrogens with two attached hydrogens (primary N) is 1. The molecule has 3 heterocycles. The quantitative estimate of drug-likeness (QED) is 0.746. The molecule has 9 heteroatoms. The van der Waals surface area contributed by atoms with E-state index in [-0.39, 0.29) is 34.3 Å². The minimum atomic E-state index is -0.693. The zero-order valence-corrected chi connectivity index (χ0v) is 15.9. The summed E-state index contributed by atoms with van der Waals surface area (Å²) in [5.41, 5.74) is 5.32. The minimum Gasteiger partial charge on any atom is -0.488 e. The molecule has 2 aromatic rings. The third kappa shape index (κ3) is 3.38. The van der Waals surface area contributed by atoms with Crippen molar-refractivity contribution in [1.82, 2.24) is 14.8 Å². The Balaban J connectivity index is 1.73. The van der Waals surface area contributed by atoms with Crippen LogP contribution in [0.25, 0.3) is 5.69 Å². The molecule has 152 valence electrons. The van der Waals surface area contributed by atoms with E-state index in [1.165, 1.54) is 18.2 Å². The van der Waals surface area contributed by atoms with Crippen LogP contribution < -0.4 is 21.3 Å². The van der Waals surface area contributed by atoms with Gasteiger partial charge < -0.3 is 15.4 Å². The molecule has 0 radical (unpaired) electrons. The van der Waals surface area contributed by atoms with Crippen LogP contribution in [-0.2, 0) is 0 Å². The number of hydrogen-bond donors (Lipinski definition) is 2. The van der Waals surface area contributed by atoms with E-state index in [0.29, 0.717) is 6.61 Å². The van der Waals surface area contributed by atoms with Crippen LogP contribution in [0.15, 0.2) is 29.1 Å². The molecule has 0 unspecified atom stereocenters. The number of nitrogen functional groups attached to an aromatic ring is 1. The summed E-state index contributed by atoms with van der Waals surface area (Å²) >= 11 is 0. The van der Waals surface area contributed by atoms with Crippen LogP contribution >= 0.6 is 0 Å². The Kier molecular flexibility index (Phi) is 4.83. The largest absolute Gasteiger partial charge is 0.488 e. The van der Waals surface area contributed by atoms with E-state index < -0.39 is 23.2 Å². The van der Waals surface area contributed by atoms with Crippen LogP contribution in [0, 0.1) is 11.7 Å². The lowest BCUT2D eigenvalue weighted by Crippen LogP contribution is -2.32. The van der Waals surface area contributed by atoms with Crippen LogP contribution in [0.3, 0.4) is 0 Å². The van der Waals surface area contributed by atoms with E-state index in [4.69, 9.17) is 10.5 Å². The highest BCUT2D eigenvalue weighted by molar-refractivity contribution is 6.23. The number of piperidine rings is 1. The lowest BCUT2D eigenvalue weighted by Gasteiger charge is -2.29. The van der Waals surface area contributed by atoms with Crippen molar-refractivity contribution >= 4 is 17.6 Å². The predicted molar refractivity (Wildman–Crippen MR) is 104 cm³/mol. The lowest BCUT2D eigenvalue weighted by atomic mass is 9.98. The van der Waals surface area contributed by atoms with Gasteiger partial charge in [0.05, 0.1) is 23.4 Å². The van der Waals surface area contributed by atoms with Crippen molar-refractivity contribution in [2.45, 2.75) is 12.8 Å². The number of nitrogens with zero attached hydrogens (tertiary/aromatic N) is 2. The Morgan fingerprint density at radius 3 is 2.66 bits per heavy atom. The van der Waals surface area contributed by atoms with Gasteiger partial charge in [0.2, 0.25) is 0 Å². The van der Waals surface area contributed by atoms with Gasteiger partial charge in [-0.15, -0.1) is 0 Å². The number of hydrogen-bond acceptors (Lipinski definition) is 6. The SMILES string of the molecule is CN1CCC(COc2c(F)cccc2-n2c(N)c3c(cc2=O)C(=O)NC3=O)CC1. The maximum Gasteiger partial charge on any atom is 0.262 e. The molecule has 1 fully saturated rings. The van der Waals surface area contributed by atoms with Gasteiger partial charge in [0.25, 0.3) is 17.4 Å². The van der Waals surface area contributed by atoms with Crippen LogP contribution in [0.1, 0.15) is 33.6 Å². The van der Waals surface area contributed by atoms with Gasteiger partial charge in [-0.3, -0.25) is 24.3 Å². The van der Waals surface area contributed by atoms with E-state index in [1.807, 2.05) is 0 Å². The number of imide groups is 1. The zero-order chi connectivity index (χ0) is 20.7. The number of para-hydroxylation sites is 1. The fourth-order valence-electron chi connectivity index (χ4n) is 3.77. The molecular formula is C20H21FN4O4. The Bertz CT molecular complexity index is 1060. The number of amides is 2. The monoisotopic (exact) mass is 400 g/mol. The van der Waals surface area contributed by atoms with Gasteiger partial charge in [-0.1, -0.05) is 6.07 Å². The van der Waals surface area contributed by atoms with Gasteiger partial charge in [-0.05, 0) is 51.0 Å². The first-order valence-electron chi connectivity index (χ1n) is 9.38. The van der Waals surface area contributed by atoms with E-state index >= 15 is 0 Å². The Hall–Kier alpha value is -3.20. The maximum atomic E-state index is 14.6. The molecule has 2 aliphatic heterocycles. The van der Waals surface area contributed by atoms with Crippen molar-refractivity contribution in [3.05, 3.63) is 51.6 Å². The molecule has 0 atom stereocenters. The normalized spacial score (nSPS) is 17.3. The van der Waals surface area contributed by atoms with Crippen molar-refractivity contribution in [2.24, 2.45) is 5.92 Å². The molecule has 1 aromatic carbocycles. The minimum absolute atomic E-state index is 0.0843. The molecule has 0 spiro atoms. The third-order valence-corrected chi connectivity index (χ3v) is 5.44. The number of aromatic nitrogens is 1. The first kappa shape index (κ1) is 19.1. The molecule has 0 bridgehead atoms. The molecular weight excluding hydrogens is 379 g/mol. The number of benzene rings is 1. The van der Waals surface area contributed by atoms with Crippen molar-refractivity contribution in [3.8, 4) is 11.4 Å². The second-order valence-electron chi connectivity index (χ2n) is 7.42. The van der Waals surface area contributed by atoms with Crippen LogP contribution in [0.2, 0.25) is 0 Å². The molecule has 1 saturated heterocycles. The zero-order valence-electron chi connectivity index (χ0n) is 15.9. The van der Waals surface area contributed by atoms with Gasteiger partial charge in [-0.25, -0.2) is 4.39 Å². The van der Waals surface area contributed by atoms with E-state index in [0.717, 1.165) is 36.6 Å². The number of fused-ring (bicyclic) bond motifs is 1. The predicted octanol–water partition coefficient (Wildman–Crippen LogP) is 1.16. The molecule has 0 aliphatic carbocycles. The van der Waals surface area contributed by atoms with Crippen molar-refractivity contribution < 1.29 is 18.7 Å². The summed E-state index contributed by atoms with van der Waals surface area (Å²) in [5.74, 6) is -2.07. The molecule has 2 aliphatic rings. The van der Waals surface area contributed by atoms with Crippen LogP contribution in [0.4, 0.5) is 10.2 Å². The topological polar surface area (TPSA) is 107 Å². The highest BCUT2D eigenvalue weighted by Gasteiger charge is 2.32. The highest BCUT2D eigenvalue weighted by Crippen LogP contribution is 2.31. The van der Waals surface area contributed by atoms with E-state index in [9.17, 15) is 18.8 Å². The standard InChI is InChI=1S/C20H21FN4O4/c1-24-7-5-11(6-8-24)10-29-17-13(21)3-2-4-14(17)25-15(26)9-12-16(18(25)22)20(28)23-19(12)27/h2-4,9,11H,5-8,10,22H2,1H3,(H,23,27,28). The van der Waals surface area contributed by atoms with Gasteiger partial charge in [0, 0.05) is 6.07 Å². The summed E-state index contributed by atoms with van der Waals surface area (Å²) < 4.78 is 21.4. The first-order valence-corrected chi connectivity index (χ1v) is 9.38. The second kappa shape index (κ2) is 7.32. The molecule has 8 nitrogen and oxygen atoms in total. The number of rotatable bonds is 4. The number of carbonyl (C=O) groups is 2. The van der Waals surface area contributed by atoms with Gasteiger partial charge in [-0.2, -0.15) is 0 Å².